The Bertz CT molecular complexity index is 1850. The van der Waals surface area contributed by atoms with Gasteiger partial charge in [0.1, 0.15) is 11.6 Å². The van der Waals surface area contributed by atoms with Crippen molar-refractivity contribution in [1.82, 2.24) is 20.9 Å². The molecule has 11 heteroatoms. The molecule has 5 aliphatic rings. The lowest BCUT2D eigenvalue weighted by atomic mass is 9.82. The summed E-state index contributed by atoms with van der Waals surface area (Å²) in [5, 5.41) is 33.6. The van der Waals surface area contributed by atoms with Gasteiger partial charge >= 0.3 is 11.9 Å². The fourth-order valence-electron chi connectivity index (χ4n) is 8.26. The first-order chi connectivity index (χ1) is 21.7. The number of carbonyl (C=O) groups excluding carboxylic acids is 2. The average molecular weight is 630 g/mol. The number of aliphatic hydroxyl groups is 1. The van der Waals surface area contributed by atoms with Gasteiger partial charge in [0.2, 0.25) is 0 Å². The van der Waals surface area contributed by atoms with Crippen LogP contribution in [0.5, 0.6) is 0 Å². The average Bonchev–Trinajstić information content (AvgIpc) is 3.68. The number of carboxylic acid groups (broad SMARTS) is 1. The van der Waals surface area contributed by atoms with E-state index in [1.54, 1.807) is 19.1 Å². The van der Waals surface area contributed by atoms with E-state index < -0.39 is 35.0 Å². The van der Waals surface area contributed by atoms with Crippen LogP contribution >= 0.6 is 0 Å². The number of methoxy groups -OCH3 is 1. The zero-order chi connectivity index (χ0) is 33.5. The number of carboxylic acids is 1. The Kier molecular flexibility index (Phi) is 7.48. The highest BCUT2D eigenvalue weighted by Gasteiger charge is 2.61. The van der Waals surface area contributed by atoms with Gasteiger partial charge in [-0.1, -0.05) is 33.4 Å². The van der Waals surface area contributed by atoms with Crippen molar-refractivity contribution in [3.8, 4) is 0 Å². The summed E-state index contributed by atoms with van der Waals surface area (Å²) in [6.45, 7) is 13.8. The molecule has 11 nitrogen and oxygen atoms in total. The van der Waals surface area contributed by atoms with Gasteiger partial charge < -0.3 is 41.6 Å². The van der Waals surface area contributed by atoms with Crippen LogP contribution in [-0.2, 0) is 19.1 Å². The van der Waals surface area contributed by atoms with Crippen LogP contribution in [0.2, 0.25) is 0 Å². The zero-order valence-electron chi connectivity index (χ0n) is 27.1. The van der Waals surface area contributed by atoms with E-state index in [9.17, 15) is 24.6 Å². The van der Waals surface area contributed by atoms with E-state index in [1.165, 1.54) is 7.11 Å². The third-order valence-corrected chi connectivity index (χ3v) is 10.8. The first kappa shape index (κ1) is 31.6. The van der Waals surface area contributed by atoms with E-state index >= 15 is 0 Å². The molecule has 6 rings (SSSR count). The number of nitrogens with one attached hydrogen (secondary N) is 4. The number of aliphatic carboxylic acids is 1. The fraction of sp³-hybridized carbons (Fsp3) is 0.457. The lowest BCUT2D eigenvalue weighted by Crippen LogP contribution is -2.52. The second-order valence-electron chi connectivity index (χ2n) is 13.2. The third kappa shape index (κ3) is 4.43. The van der Waals surface area contributed by atoms with Crippen LogP contribution in [0.3, 0.4) is 0 Å². The molecule has 2 fully saturated rings. The summed E-state index contributed by atoms with van der Waals surface area (Å²) >= 11 is 0. The van der Waals surface area contributed by atoms with E-state index in [2.05, 4.69) is 27.5 Å². The number of Topliss-reactive ketones (excluding diaryl/α,β-unsaturated/α-hetero) is 1. The highest BCUT2D eigenvalue weighted by molar-refractivity contribution is 6.17. The third-order valence-electron chi connectivity index (χ3n) is 10.8. The molecule has 8 bridgehead atoms. The molecule has 2 unspecified atom stereocenters. The number of fused-ring (bicyclic) bond motifs is 7. The molecule has 8 N–H and O–H groups in total. The number of aromatic nitrogens is 1. The second-order valence-corrected chi connectivity index (χ2v) is 13.2. The minimum absolute atomic E-state index is 0.105. The van der Waals surface area contributed by atoms with Crippen molar-refractivity contribution in [3.05, 3.63) is 73.9 Å². The van der Waals surface area contributed by atoms with Gasteiger partial charge in [-0.2, -0.15) is 0 Å². The van der Waals surface area contributed by atoms with Crippen LogP contribution in [-0.4, -0.2) is 57.5 Å². The molecule has 1 aromatic heterocycles. The van der Waals surface area contributed by atoms with E-state index in [0.717, 1.165) is 27.4 Å². The van der Waals surface area contributed by atoms with Gasteiger partial charge in [-0.3, -0.25) is 14.4 Å². The number of allylic oxidation sites excluding steroid dienone is 3. The predicted molar refractivity (Wildman–Crippen MR) is 173 cm³/mol. The Morgan fingerprint density at radius 2 is 1.91 bits per heavy atom. The summed E-state index contributed by atoms with van der Waals surface area (Å²) in [4.78, 5) is 42.8. The molecule has 4 aliphatic heterocycles. The summed E-state index contributed by atoms with van der Waals surface area (Å²) in [6.07, 6.45) is 8.30. The minimum Gasteiger partial charge on any atom is -0.481 e. The molecule has 46 heavy (non-hydrogen) atoms. The minimum atomic E-state index is -1.55. The Morgan fingerprint density at radius 1 is 1.20 bits per heavy atom. The lowest BCUT2D eigenvalue weighted by Gasteiger charge is -2.30. The Balaban J connectivity index is 1.70. The van der Waals surface area contributed by atoms with Crippen LogP contribution in [0, 0.1) is 30.6 Å². The van der Waals surface area contributed by atoms with Crippen molar-refractivity contribution in [1.29, 1.82) is 0 Å². The monoisotopic (exact) mass is 629 g/mol. The molecule has 0 spiro atoms. The van der Waals surface area contributed by atoms with Crippen LogP contribution < -0.4 is 32.4 Å². The van der Waals surface area contributed by atoms with E-state index in [4.69, 9.17) is 10.5 Å². The maximum absolute atomic E-state index is 14.2. The van der Waals surface area contributed by atoms with Gasteiger partial charge in [0, 0.05) is 68.8 Å². The normalized spacial score (nSPS) is 37.0. The van der Waals surface area contributed by atoms with E-state index in [-0.39, 0.29) is 42.2 Å². The van der Waals surface area contributed by atoms with Crippen LogP contribution in [0.15, 0.2) is 52.0 Å². The van der Waals surface area contributed by atoms with Crippen LogP contribution in [0.25, 0.3) is 18.2 Å². The van der Waals surface area contributed by atoms with Gasteiger partial charge in [0.05, 0.1) is 7.11 Å². The van der Waals surface area contributed by atoms with E-state index in [0.29, 0.717) is 34.7 Å². The number of esters is 1. The maximum atomic E-state index is 14.2. The van der Waals surface area contributed by atoms with E-state index in [1.807, 2.05) is 39.8 Å². The maximum Gasteiger partial charge on any atom is 0.321 e. The van der Waals surface area contributed by atoms with Crippen molar-refractivity contribution in [3.63, 3.8) is 0 Å². The topological polar surface area (TPSA) is 179 Å². The number of nitrogens with two attached hydrogens (primary N) is 1. The Labute approximate surface area is 267 Å². The second kappa shape index (κ2) is 10.9. The molecule has 5 heterocycles. The molecule has 1 aromatic rings. The smallest absolute Gasteiger partial charge is 0.321 e. The van der Waals surface area contributed by atoms with Gasteiger partial charge in [0.15, 0.2) is 11.5 Å². The molecule has 7 atom stereocenters. The molecule has 0 aromatic carbocycles. The van der Waals surface area contributed by atoms with Crippen molar-refractivity contribution >= 4 is 35.9 Å². The highest BCUT2D eigenvalue weighted by atomic mass is 16.5. The largest absolute Gasteiger partial charge is 0.481 e. The quantitative estimate of drug-likeness (QED) is 0.179. The Morgan fingerprint density at radius 3 is 2.54 bits per heavy atom. The predicted octanol–water partition coefficient (Wildman–Crippen LogP) is 1.31. The van der Waals surface area contributed by atoms with Crippen LogP contribution in [0.4, 0.5) is 0 Å². The number of H-pyrrole nitrogens is 1. The van der Waals surface area contributed by atoms with Gasteiger partial charge in [-0.05, 0) is 67.5 Å². The van der Waals surface area contributed by atoms with Gasteiger partial charge in [-0.25, -0.2) is 0 Å². The molecule has 1 saturated heterocycles. The first-order valence-electron chi connectivity index (χ1n) is 15.8. The molecule has 0 radical (unpaired) electrons. The summed E-state index contributed by atoms with van der Waals surface area (Å²) in [5.41, 5.74) is 10.1. The zero-order valence-corrected chi connectivity index (χ0v) is 27.1. The Hall–Kier alpha value is -4.35. The summed E-state index contributed by atoms with van der Waals surface area (Å²) in [5.74, 6) is -4.19. The number of hydrogen-bond acceptors (Lipinski definition) is 9. The van der Waals surface area contributed by atoms with Crippen molar-refractivity contribution in [2.24, 2.45) is 29.4 Å². The first-order valence-corrected chi connectivity index (χ1v) is 15.8. The number of hydrogen-bond donors (Lipinski definition) is 7. The van der Waals surface area contributed by atoms with Crippen LogP contribution in [0.1, 0.15) is 58.1 Å². The van der Waals surface area contributed by atoms with Gasteiger partial charge in [0.25, 0.3) is 0 Å². The number of ether oxygens (including phenoxy) is 1. The molecule has 0 amide bonds. The molecule has 244 valence electrons. The SMILES string of the molecule is C=Cc1c(C)/c2[nH]/c1=C\[C@]1(O)NC(=C(CC)C1C)/C=C1\N[C@@]3(N)C(=C1C)C(=O)[C@H](C(=O)OC)/C3=C1/NC(\C=2)[C@@H](C)[C@@H]1CCC(=O)O. The lowest BCUT2D eigenvalue weighted by molar-refractivity contribution is -0.146. The summed E-state index contributed by atoms with van der Waals surface area (Å²) in [6, 6.07) is -0.314. The molecule has 1 aliphatic carbocycles. The standard InChI is InChI=1S/C35H43N5O6/c1-8-19-15(3)22-12-23-16(4)21(10-11-27(41)42)31(38-23)30-28(33(44)46-7)32(43)29-17(5)24(40-35(29,30)36)13-25-20(9-2)18(6)34(45,39-25)14-26(19)37-22/h8,12-14,16,18,21,23,28,37-40,45H,1,9-11,36H2,2-7H3,(H,41,42)/b22-12-,24-13-,26-14-,31-30-/t16-,18?,21-,23?,28+,34+,35-/m0/s1. The molecule has 1 saturated carbocycles. The number of aromatic amines is 1. The van der Waals surface area contributed by atoms with Gasteiger partial charge in [-0.15, -0.1) is 0 Å². The number of carbonyl (C=O) groups is 3. The van der Waals surface area contributed by atoms with Crippen molar-refractivity contribution < 1.29 is 29.3 Å². The fourth-order valence-corrected chi connectivity index (χ4v) is 8.26. The van der Waals surface area contributed by atoms with Crippen molar-refractivity contribution in [2.75, 3.05) is 7.11 Å². The van der Waals surface area contributed by atoms with Crippen molar-refractivity contribution in [2.45, 2.75) is 71.3 Å². The molecular weight excluding hydrogens is 586 g/mol. The highest BCUT2D eigenvalue weighted by Crippen LogP contribution is 2.51. The number of ketones is 1. The number of rotatable bonds is 6. The summed E-state index contributed by atoms with van der Waals surface area (Å²) < 4.78 is 5.15. The summed E-state index contributed by atoms with van der Waals surface area (Å²) in [7, 11) is 1.24. The molecular formula is C35H43N5O6.